The van der Waals surface area contributed by atoms with Crippen molar-refractivity contribution in [3.05, 3.63) is 40.5 Å². The van der Waals surface area contributed by atoms with Crippen LogP contribution in [-0.4, -0.2) is 16.3 Å². The van der Waals surface area contributed by atoms with E-state index in [9.17, 15) is 4.79 Å². The molecule has 1 amide bonds. The molecule has 1 aromatic carbocycles. The Morgan fingerprint density at radius 1 is 1.43 bits per heavy atom. The number of nitrogens with two attached hydrogens (primary N) is 1. The highest BCUT2D eigenvalue weighted by Crippen LogP contribution is 2.34. The molecule has 1 unspecified atom stereocenters. The van der Waals surface area contributed by atoms with Crippen LogP contribution in [0.3, 0.4) is 0 Å². The molecule has 1 atom stereocenters. The fourth-order valence-electron chi connectivity index (χ4n) is 2.32. The number of hydrogen-bond acceptors (Lipinski definition) is 4. The summed E-state index contributed by atoms with van der Waals surface area (Å²) in [5.41, 5.74) is 6.70. The summed E-state index contributed by atoms with van der Waals surface area (Å²) in [5.74, 6) is 1.05. The maximum Gasteiger partial charge on any atom is 0.405 e. The summed E-state index contributed by atoms with van der Waals surface area (Å²) < 4.78 is 11.0. The van der Waals surface area contributed by atoms with Crippen molar-refractivity contribution in [1.82, 2.24) is 10.2 Å². The van der Waals surface area contributed by atoms with E-state index in [1.165, 1.54) is 0 Å². The van der Waals surface area contributed by atoms with Gasteiger partial charge in [-0.15, -0.1) is 5.10 Å². The number of carbonyl (C=O) groups is 1. The van der Waals surface area contributed by atoms with Gasteiger partial charge in [0.2, 0.25) is 5.88 Å². The number of ether oxygens (including phenoxy) is 2. The first kappa shape index (κ1) is 17.1. The number of aromatic amines is 1. The second-order valence-electron chi connectivity index (χ2n) is 5.44. The van der Waals surface area contributed by atoms with Crippen molar-refractivity contribution in [2.45, 2.75) is 33.3 Å². The molecule has 0 bridgehead atoms. The Morgan fingerprint density at radius 2 is 2.17 bits per heavy atom. The van der Waals surface area contributed by atoms with Gasteiger partial charge in [0.05, 0.1) is 5.69 Å². The van der Waals surface area contributed by atoms with Gasteiger partial charge in [0.15, 0.2) is 0 Å². The number of primary amides is 1. The predicted molar refractivity (Wildman–Crippen MR) is 87.7 cm³/mol. The summed E-state index contributed by atoms with van der Waals surface area (Å²) in [5, 5.41) is 7.68. The monoisotopic (exact) mass is 337 g/mol. The molecule has 0 aliphatic rings. The van der Waals surface area contributed by atoms with Crippen LogP contribution in [0.15, 0.2) is 24.3 Å². The summed E-state index contributed by atoms with van der Waals surface area (Å²) in [6.07, 6.45) is -0.670. The third-order valence-corrected chi connectivity index (χ3v) is 3.59. The van der Waals surface area contributed by atoms with Crippen molar-refractivity contribution in [2.75, 3.05) is 0 Å². The fourth-order valence-corrected chi connectivity index (χ4v) is 2.50. The number of nitrogens with zero attached hydrogens (tertiary/aromatic N) is 1. The Kier molecular flexibility index (Phi) is 5.50. The Hall–Kier alpha value is -2.21. The van der Waals surface area contributed by atoms with E-state index in [1.807, 2.05) is 20.8 Å². The molecule has 124 valence electrons. The molecule has 23 heavy (non-hydrogen) atoms. The summed E-state index contributed by atoms with van der Waals surface area (Å²) in [6.45, 7) is 5.84. The van der Waals surface area contributed by atoms with Crippen LogP contribution in [0, 0.1) is 5.92 Å². The third kappa shape index (κ3) is 4.16. The lowest BCUT2D eigenvalue weighted by Gasteiger charge is -2.20. The molecule has 7 heteroatoms. The number of nitrogens with one attached hydrogen (secondary N) is 1. The van der Waals surface area contributed by atoms with Gasteiger partial charge in [-0.25, -0.2) is 4.79 Å². The van der Waals surface area contributed by atoms with Gasteiger partial charge in [-0.3, -0.25) is 5.10 Å². The van der Waals surface area contributed by atoms with Crippen LogP contribution in [-0.2, 0) is 11.2 Å². The van der Waals surface area contributed by atoms with Crippen LogP contribution in [0.1, 0.15) is 38.1 Å². The lowest BCUT2D eigenvalue weighted by atomic mass is 10.00. The molecule has 0 saturated heterocycles. The molecule has 0 spiro atoms. The van der Waals surface area contributed by atoms with Crippen molar-refractivity contribution in [3.63, 3.8) is 0 Å². The van der Waals surface area contributed by atoms with Crippen LogP contribution in [0.2, 0.25) is 5.02 Å². The van der Waals surface area contributed by atoms with Gasteiger partial charge in [-0.1, -0.05) is 38.4 Å². The van der Waals surface area contributed by atoms with E-state index in [4.69, 9.17) is 26.8 Å². The molecule has 0 aliphatic carbocycles. The summed E-state index contributed by atoms with van der Waals surface area (Å²) >= 11 is 5.96. The molecule has 0 aliphatic heterocycles. The molecule has 1 aromatic heterocycles. The zero-order valence-electron chi connectivity index (χ0n) is 13.3. The molecule has 0 saturated carbocycles. The molecule has 6 nitrogen and oxygen atoms in total. The van der Waals surface area contributed by atoms with Gasteiger partial charge in [0.1, 0.15) is 11.9 Å². The van der Waals surface area contributed by atoms with Gasteiger partial charge < -0.3 is 15.2 Å². The Labute approximate surface area is 139 Å². The van der Waals surface area contributed by atoms with Crippen molar-refractivity contribution >= 4 is 17.7 Å². The normalized spacial score (nSPS) is 12.2. The van der Waals surface area contributed by atoms with E-state index in [-0.39, 0.29) is 5.92 Å². The molecular formula is C16H20ClN3O3. The van der Waals surface area contributed by atoms with Gasteiger partial charge in [0, 0.05) is 10.6 Å². The highest BCUT2D eigenvalue weighted by atomic mass is 35.5. The van der Waals surface area contributed by atoms with Gasteiger partial charge in [0.25, 0.3) is 0 Å². The first-order valence-electron chi connectivity index (χ1n) is 7.39. The minimum Gasteiger partial charge on any atom is -0.440 e. The van der Waals surface area contributed by atoms with Crippen molar-refractivity contribution in [2.24, 2.45) is 11.7 Å². The smallest absolute Gasteiger partial charge is 0.405 e. The molecule has 2 aromatic rings. The highest BCUT2D eigenvalue weighted by Gasteiger charge is 2.26. The van der Waals surface area contributed by atoms with Crippen LogP contribution < -0.4 is 10.5 Å². The number of rotatable bonds is 6. The first-order chi connectivity index (χ1) is 10.9. The van der Waals surface area contributed by atoms with E-state index in [1.54, 1.807) is 24.3 Å². The number of H-pyrrole nitrogens is 1. The van der Waals surface area contributed by atoms with Crippen LogP contribution in [0.5, 0.6) is 11.6 Å². The maximum atomic E-state index is 11.1. The van der Waals surface area contributed by atoms with Crippen LogP contribution >= 0.6 is 11.6 Å². The molecule has 0 radical (unpaired) electrons. The van der Waals surface area contributed by atoms with Crippen molar-refractivity contribution < 1.29 is 14.3 Å². The number of benzene rings is 1. The maximum absolute atomic E-state index is 11.1. The zero-order valence-corrected chi connectivity index (χ0v) is 14.1. The number of hydrogen-bond donors (Lipinski definition) is 2. The average molecular weight is 338 g/mol. The standard InChI is InChI=1S/C16H20ClN3O3/c1-4-12-13(14(9(2)3)23-16(18)21)19-20-15(12)22-11-7-5-6-10(17)8-11/h5-9,14H,4H2,1-3H3,(H2,18,21)(H,19,20). The van der Waals surface area contributed by atoms with Crippen molar-refractivity contribution in [3.8, 4) is 11.6 Å². The first-order valence-corrected chi connectivity index (χ1v) is 7.76. The molecule has 1 heterocycles. The fraction of sp³-hybridized carbons (Fsp3) is 0.375. The SMILES string of the molecule is CCc1c(Oc2cccc(Cl)c2)n[nH]c1C(OC(N)=O)C(C)C. The van der Waals surface area contributed by atoms with Crippen LogP contribution in [0.25, 0.3) is 0 Å². The Balaban J connectivity index is 2.33. The molecule has 3 N–H and O–H groups in total. The topological polar surface area (TPSA) is 90.2 Å². The summed E-state index contributed by atoms with van der Waals surface area (Å²) in [7, 11) is 0. The zero-order chi connectivity index (χ0) is 17.0. The number of carbonyl (C=O) groups excluding carboxylic acids is 1. The summed E-state index contributed by atoms with van der Waals surface area (Å²) in [4.78, 5) is 11.1. The number of amides is 1. The second-order valence-corrected chi connectivity index (χ2v) is 5.87. The minimum absolute atomic E-state index is 0.0345. The van der Waals surface area contributed by atoms with Gasteiger partial charge in [-0.05, 0) is 30.5 Å². The van der Waals surface area contributed by atoms with Crippen LogP contribution in [0.4, 0.5) is 4.79 Å². The van der Waals surface area contributed by atoms with E-state index in [0.29, 0.717) is 28.8 Å². The highest BCUT2D eigenvalue weighted by molar-refractivity contribution is 6.30. The third-order valence-electron chi connectivity index (χ3n) is 3.36. The van der Waals surface area contributed by atoms with E-state index < -0.39 is 12.2 Å². The lowest BCUT2D eigenvalue weighted by Crippen LogP contribution is -2.22. The number of aromatic nitrogens is 2. The molecule has 2 rings (SSSR count). The summed E-state index contributed by atoms with van der Waals surface area (Å²) in [6, 6.07) is 7.05. The van der Waals surface area contributed by atoms with Crippen molar-refractivity contribution in [1.29, 1.82) is 0 Å². The Bertz CT molecular complexity index is 685. The van der Waals surface area contributed by atoms with Gasteiger partial charge in [-0.2, -0.15) is 0 Å². The quantitative estimate of drug-likeness (QED) is 0.826. The average Bonchev–Trinajstić information content (AvgIpc) is 2.86. The Morgan fingerprint density at radius 3 is 2.74 bits per heavy atom. The van der Waals surface area contributed by atoms with E-state index in [2.05, 4.69) is 10.2 Å². The van der Waals surface area contributed by atoms with Gasteiger partial charge >= 0.3 is 6.09 Å². The lowest BCUT2D eigenvalue weighted by molar-refractivity contribution is 0.0751. The minimum atomic E-state index is -0.822. The number of halogens is 1. The molecular weight excluding hydrogens is 318 g/mol. The largest absolute Gasteiger partial charge is 0.440 e. The second kappa shape index (κ2) is 7.37. The molecule has 0 fully saturated rings. The predicted octanol–water partition coefficient (Wildman–Crippen LogP) is 4.21. The van der Waals surface area contributed by atoms with E-state index >= 15 is 0 Å². The van der Waals surface area contributed by atoms with E-state index in [0.717, 1.165) is 5.56 Å².